The molecule has 22 heavy (non-hydrogen) atoms. The maximum atomic E-state index is 12.0. The number of hydrogen-bond donors (Lipinski definition) is 2. The van der Waals surface area contributed by atoms with Crippen molar-refractivity contribution in [2.24, 2.45) is 5.92 Å². The number of rotatable bonds is 9. The van der Waals surface area contributed by atoms with Gasteiger partial charge in [-0.1, -0.05) is 51.3 Å². The molecule has 0 radical (unpaired) electrons. The second-order valence-corrected chi connectivity index (χ2v) is 5.72. The third-order valence-corrected chi connectivity index (χ3v) is 3.93. The van der Waals surface area contributed by atoms with Gasteiger partial charge in [-0.3, -0.25) is 9.59 Å². The summed E-state index contributed by atoms with van der Waals surface area (Å²) in [5.74, 6) is 0.194. The highest BCUT2D eigenvalue weighted by Gasteiger charge is 2.11. The van der Waals surface area contributed by atoms with E-state index in [2.05, 4.69) is 24.5 Å². The predicted molar refractivity (Wildman–Crippen MR) is 89.8 cm³/mol. The highest BCUT2D eigenvalue weighted by atomic mass is 16.2. The highest BCUT2D eigenvalue weighted by Crippen LogP contribution is 2.11. The summed E-state index contributed by atoms with van der Waals surface area (Å²) in [4.78, 5) is 23.8. The molecule has 0 bridgehead atoms. The van der Waals surface area contributed by atoms with E-state index in [-0.39, 0.29) is 18.4 Å². The molecule has 1 aromatic rings. The van der Waals surface area contributed by atoms with E-state index < -0.39 is 0 Å². The van der Waals surface area contributed by atoms with E-state index in [0.717, 1.165) is 18.4 Å². The van der Waals surface area contributed by atoms with Gasteiger partial charge in [0.25, 0.3) is 5.91 Å². The van der Waals surface area contributed by atoms with Crippen molar-refractivity contribution in [1.82, 2.24) is 10.6 Å². The van der Waals surface area contributed by atoms with Crippen molar-refractivity contribution in [3.63, 3.8) is 0 Å². The second-order valence-electron chi connectivity index (χ2n) is 5.72. The molecule has 0 saturated heterocycles. The van der Waals surface area contributed by atoms with Crippen LogP contribution in [0.5, 0.6) is 0 Å². The Kier molecular flexibility index (Phi) is 8.26. The zero-order valence-corrected chi connectivity index (χ0v) is 13.9. The molecule has 0 saturated carbocycles. The van der Waals surface area contributed by atoms with Crippen LogP contribution in [0.4, 0.5) is 0 Å². The third kappa shape index (κ3) is 6.29. The molecule has 122 valence electrons. The lowest BCUT2D eigenvalue weighted by Gasteiger charge is -2.15. The normalized spacial score (nSPS) is 11.8. The van der Waals surface area contributed by atoms with Crippen LogP contribution in [0.1, 0.15) is 55.5 Å². The first-order chi connectivity index (χ1) is 10.6. The molecule has 0 fully saturated rings. The maximum Gasteiger partial charge on any atom is 0.251 e. The average molecular weight is 304 g/mol. The van der Waals surface area contributed by atoms with Gasteiger partial charge in [-0.05, 0) is 30.9 Å². The lowest BCUT2D eigenvalue weighted by Crippen LogP contribution is -2.39. The minimum atomic E-state index is -0.203. The van der Waals surface area contributed by atoms with Crippen molar-refractivity contribution in [2.75, 3.05) is 13.1 Å². The molecule has 1 aromatic carbocycles. The molecule has 2 amide bonds. The number of carbonyl (C=O) groups is 2. The molecule has 0 aliphatic carbocycles. The smallest absolute Gasteiger partial charge is 0.251 e. The summed E-state index contributed by atoms with van der Waals surface area (Å²) < 4.78 is 0. The third-order valence-electron chi connectivity index (χ3n) is 3.93. The Bertz CT molecular complexity index is 486. The SMILES string of the molecule is CCCCC(CC)CNC(=O)CNC(=O)c1ccccc1C. The van der Waals surface area contributed by atoms with E-state index in [1.165, 1.54) is 12.8 Å². The van der Waals surface area contributed by atoms with Crippen LogP contribution in [0.2, 0.25) is 0 Å². The van der Waals surface area contributed by atoms with Crippen LogP contribution in [0.15, 0.2) is 24.3 Å². The second kappa shape index (κ2) is 9.98. The number of unbranched alkanes of at least 4 members (excludes halogenated alkanes) is 1. The zero-order valence-electron chi connectivity index (χ0n) is 13.9. The van der Waals surface area contributed by atoms with Gasteiger partial charge in [0.1, 0.15) is 0 Å². The lowest BCUT2D eigenvalue weighted by molar-refractivity contribution is -0.120. The largest absolute Gasteiger partial charge is 0.354 e. The minimum Gasteiger partial charge on any atom is -0.354 e. The average Bonchev–Trinajstić information content (AvgIpc) is 2.53. The Balaban J connectivity index is 2.34. The molecule has 0 aliphatic rings. The van der Waals surface area contributed by atoms with Crippen molar-refractivity contribution in [3.05, 3.63) is 35.4 Å². The summed E-state index contributed by atoms with van der Waals surface area (Å²) in [7, 11) is 0. The summed E-state index contributed by atoms with van der Waals surface area (Å²) in [6.07, 6.45) is 4.58. The van der Waals surface area contributed by atoms with Crippen molar-refractivity contribution in [3.8, 4) is 0 Å². The summed E-state index contributed by atoms with van der Waals surface area (Å²) in [6, 6.07) is 7.36. The molecule has 0 aromatic heterocycles. The molecule has 0 aliphatic heterocycles. The van der Waals surface area contributed by atoms with E-state index in [1.807, 2.05) is 25.1 Å². The summed E-state index contributed by atoms with van der Waals surface area (Å²) in [5.41, 5.74) is 1.52. The predicted octanol–water partition coefficient (Wildman–Crippen LogP) is 3.06. The standard InChI is InChI=1S/C18H28N2O2/c1-4-6-10-15(5-2)12-19-17(21)13-20-18(22)16-11-8-7-9-14(16)3/h7-9,11,15H,4-6,10,12-13H2,1-3H3,(H,19,21)(H,20,22). The minimum absolute atomic E-state index is 0.0252. The number of benzene rings is 1. The van der Waals surface area contributed by atoms with Gasteiger partial charge in [-0.2, -0.15) is 0 Å². The van der Waals surface area contributed by atoms with Crippen LogP contribution in [0.25, 0.3) is 0 Å². The summed E-state index contributed by atoms with van der Waals surface area (Å²) in [6.45, 7) is 6.92. The van der Waals surface area contributed by atoms with Crippen molar-refractivity contribution in [1.29, 1.82) is 0 Å². The Hall–Kier alpha value is -1.84. The molecule has 1 atom stereocenters. The Labute approximate surface area is 133 Å². The molecular formula is C18H28N2O2. The van der Waals surface area contributed by atoms with Gasteiger partial charge in [0.15, 0.2) is 0 Å². The Morgan fingerprint density at radius 3 is 2.50 bits per heavy atom. The number of aryl methyl sites for hydroxylation is 1. The van der Waals surface area contributed by atoms with Crippen molar-refractivity contribution in [2.45, 2.75) is 46.5 Å². The van der Waals surface area contributed by atoms with Gasteiger partial charge in [-0.25, -0.2) is 0 Å². The van der Waals surface area contributed by atoms with E-state index in [9.17, 15) is 9.59 Å². The first kappa shape index (κ1) is 18.2. The fourth-order valence-electron chi connectivity index (χ4n) is 2.35. The maximum absolute atomic E-state index is 12.0. The summed E-state index contributed by atoms with van der Waals surface area (Å²) in [5, 5.41) is 5.58. The van der Waals surface area contributed by atoms with Gasteiger partial charge in [0, 0.05) is 12.1 Å². The number of hydrogen-bond acceptors (Lipinski definition) is 2. The fourth-order valence-corrected chi connectivity index (χ4v) is 2.35. The number of carbonyl (C=O) groups excluding carboxylic acids is 2. The first-order valence-corrected chi connectivity index (χ1v) is 8.19. The fraction of sp³-hybridized carbons (Fsp3) is 0.556. The van der Waals surface area contributed by atoms with Crippen molar-refractivity contribution < 1.29 is 9.59 Å². The first-order valence-electron chi connectivity index (χ1n) is 8.19. The van der Waals surface area contributed by atoms with Crippen LogP contribution in [-0.2, 0) is 4.79 Å². The van der Waals surface area contributed by atoms with Crippen molar-refractivity contribution >= 4 is 11.8 Å². The van der Waals surface area contributed by atoms with Gasteiger partial charge < -0.3 is 10.6 Å². The molecule has 4 nitrogen and oxygen atoms in total. The molecule has 0 heterocycles. The molecule has 1 unspecified atom stereocenters. The van der Waals surface area contributed by atoms with E-state index in [4.69, 9.17) is 0 Å². The van der Waals surface area contributed by atoms with Crippen LogP contribution >= 0.6 is 0 Å². The van der Waals surface area contributed by atoms with Gasteiger partial charge in [0.2, 0.25) is 5.91 Å². The van der Waals surface area contributed by atoms with E-state index in [0.29, 0.717) is 18.0 Å². The number of amides is 2. The molecular weight excluding hydrogens is 276 g/mol. The van der Waals surface area contributed by atoms with Crippen LogP contribution < -0.4 is 10.6 Å². The Morgan fingerprint density at radius 1 is 1.14 bits per heavy atom. The van der Waals surface area contributed by atoms with Crippen LogP contribution in [0.3, 0.4) is 0 Å². The molecule has 2 N–H and O–H groups in total. The molecule has 0 spiro atoms. The van der Waals surface area contributed by atoms with Crippen LogP contribution in [-0.4, -0.2) is 24.9 Å². The van der Waals surface area contributed by atoms with E-state index >= 15 is 0 Å². The Morgan fingerprint density at radius 2 is 1.86 bits per heavy atom. The summed E-state index contributed by atoms with van der Waals surface area (Å²) >= 11 is 0. The number of nitrogens with one attached hydrogen (secondary N) is 2. The van der Waals surface area contributed by atoms with Crippen LogP contribution in [0, 0.1) is 12.8 Å². The monoisotopic (exact) mass is 304 g/mol. The zero-order chi connectivity index (χ0) is 16.4. The lowest BCUT2D eigenvalue weighted by atomic mass is 9.99. The topological polar surface area (TPSA) is 58.2 Å². The van der Waals surface area contributed by atoms with Gasteiger partial charge >= 0.3 is 0 Å². The highest BCUT2D eigenvalue weighted by molar-refractivity contribution is 5.97. The van der Waals surface area contributed by atoms with Gasteiger partial charge in [-0.15, -0.1) is 0 Å². The molecule has 1 rings (SSSR count). The quantitative estimate of drug-likeness (QED) is 0.736. The van der Waals surface area contributed by atoms with Gasteiger partial charge in [0.05, 0.1) is 6.54 Å². The van der Waals surface area contributed by atoms with E-state index in [1.54, 1.807) is 6.07 Å². The molecule has 4 heteroatoms.